The molecule has 0 aromatic heterocycles. The van der Waals surface area contributed by atoms with Crippen molar-refractivity contribution in [2.24, 2.45) is 35.5 Å². The highest BCUT2D eigenvalue weighted by Crippen LogP contribution is 2.61. The van der Waals surface area contributed by atoms with Crippen LogP contribution in [0.25, 0.3) is 0 Å². The summed E-state index contributed by atoms with van der Waals surface area (Å²) in [6, 6.07) is 0. The van der Waals surface area contributed by atoms with Crippen molar-refractivity contribution in [3.05, 3.63) is 0 Å². The van der Waals surface area contributed by atoms with Gasteiger partial charge in [-0.2, -0.15) is 0 Å². The Bertz CT molecular complexity index is 196. The molecule has 0 radical (unpaired) electrons. The van der Waals surface area contributed by atoms with Gasteiger partial charge in [-0.15, -0.1) is 0 Å². The zero-order chi connectivity index (χ0) is 8.29. The van der Waals surface area contributed by atoms with Gasteiger partial charge < -0.3 is 0 Å². The Morgan fingerprint density at radius 2 is 1.58 bits per heavy atom. The topological polar surface area (TPSA) is 0 Å². The fraction of sp³-hybridized carbons (Fsp3) is 1.00. The molecule has 0 aromatic rings. The van der Waals surface area contributed by atoms with Crippen molar-refractivity contribution < 1.29 is 0 Å². The summed E-state index contributed by atoms with van der Waals surface area (Å²) in [6.45, 7) is 4.90. The molecule has 3 aliphatic rings. The third-order valence-electron chi connectivity index (χ3n) is 4.78. The van der Waals surface area contributed by atoms with Crippen LogP contribution < -0.4 is 0 Å². The van der Waals surface area contributed by atoms with E-state index in [1.54, 1.807) is 25.7 Å². The molecule has 3 saturated carbocycles. The molecule has 12 heavy (non-hydrogen) atoms. The molecular formula is C12H20. The number of fused-ring (bicyclic) bond motifs is 1. The minimum absolute atomic E-state index is 1.08. The molecule has 3 rings (SSSR count). The molecule has 0 spiro atoms. The largest absolute Gasteiger partial charge is 0.0622 e. The van der Waals surface area contributed by atoms with Gasteiger partial charge in [-0.3, -0.25) is 0 Å². The van der Waals surface area contributed by atoms with Gasteiger partial charge >= 0.3 is 0 Å². The van der Waals surface area contributed by atoms with Crippen LogP contribution in [0, 0.1) is 35.5 Å². The molecule has 3 aliphatic carbocycles. The molecule has 0 nitrogen and oxygen atoms in total. The predicted molar refractivity (Wildman–Crippen MR) is 50.8 cm³/mol. The van der Waals surface area contributed by atoms with Gasteiger partial charge in [-0.25, -0.2) is 0 Å². The minimum Gasteiger partial charge on any atom is -0.0622 e. The van der Waals surface area contributed by atoms with Crippen LogP contribution in [0.1, 0.15) is 39.5 Å². The summed E-state index contributed by atoms with van der Waals surface area (Å²) in [5.41, 5.74) is 0. The van der Waals surface area contributed by atoms with Crippen LogP contribution in [0.4, 0.5) is 0 Å². The first-order chi connectivity index (χ1) is 5.75. The third kappa shape index (κ3) is 1.03. The first kappa shape index (κ1) is 7.41. The van der Waals surface area contributed by atoms with Crippen molar-refractivity contribution in [3.8, 4) is 0 Å². The summed E-state index contributed by atoms with van der Waals surface area (Å²) in [6.07, 6.45) is 6.29. The molecule has 6 atom stereocenters. The lowest BCUT2D eigenvalue weighted by Crippen LogP contribution is -2.02. The highest BCUT2D eigenvalue weighted by molar-refractivity contribution is 5.02. The normalized spacial score (nSPS) is 61.5. The lowest BCUT2D eigenvalue weighted by molar-refractivity contribution is 0.383. The molecule has 68 valence electrons. The maximum absolute atomic E-state index is 2.47. The Balaban J connectivity index is 1.57. The molecule has 0 aromatic carbocycles. The second-order valence-corrected chi connectivity index (χ2v) is 5.75. The summed E-state index contributed by atoms with van der Waals surface area (Å²) in [4.78, 5) is 0. The number of rotatable bonds is 2. The fourth-order valence-corrected chi connectivity index (χ4v) is 3.65. The molecule has 0 bridgehead atoms. The van der Waals surface area contributed by atoms with E-state index >= 15 is 0 Å². The monoisotopic (exact) mass is 164 g/mol. The molecule has 0 amide bonds. The van der Waals surface area contributed by atoms with E-state index in [1.165, 1.54) is 11.8 Å². The van der Waals surface area contributed by atoms with E-state index in [-0.39, 0.29) is 0 Å². The van der Waals surface area contributed by atoms with Gasteiger partial charge in [0.15, 0.2) is 0 Å². The number of hydrogen-bond donors (Lipinski definition) is 0. The van der Waals surface area contributed by atoms with E-state index in [0.717, 1.165) is 23.7 Å². The van der Waals surface area contributed by atoms with E-state index in [1.807, 2.05) is 0 Å². The predicted octanol–water partition coefficient (Wildman–Crippen LogP) is 3.32. The fourth-order valence-electron chi connectivity index (χ4n) is 3.65. The summed E-state index contributed by atoms with van der Waals surface area (Å²) >= 11 is 0. The standard InChI is InChI=1S/C12H20/c1-7-3-9(7)5-10-4-8(2)11-6-12(10)11/h7-12H,3-6H2,1-2H3. The maximum atomic E-state index is 2.47. The summed E-state index contributed by atoms with van der Waals surface area (Å²) in [5, 5.41) is 0. The molecule has 0 N–H and O–H groups in total. The Labute approximate surface area is 75.7 Å². The SMILES string of the molecule is CC1CC1CC1CC(C)C2CC12. The lowest BCUT2D eigenvalue weighted by Gasteiger charge is -2.12. The Hall–Kier alpha value is 0. The van der Waals surface area contributed by atoms with Gasteiger partial charge in [0.1, 0.15) is 0 Å². The van der Waals surface area contributed by atoms with Crippen molar-refractivity contribution in [2.75, 3.05) is 0 Å². The second kappa shape index (κ2) is 2.27. The highest BCUT2D eigenvalue weighted by Gasteiger charge is 2.53. The Morgan fingerprint density at radius 1 is 0.833 bits per heavy atom. The molecule has 6 unspecified atom stereocenters. The summed E-state index contributed by atoms with van der Waals surface area (Å²) in [5.74, 6) is 6.81. The number of hydrogen-bond acceptors (Lipinski definition) is 0. The van der Waals surface area contributed by atoms with E-state index in [4.69, 9.17) is 0 Å². The van der Waals surface area contributed by atoms with Crippen molar-refractivity contribution in [1.82, 2.24) is 0 Å². The van der Waals surface area contributed by atoms with Crippen LogP contribution >= 0.6 is 0 Å². The molecule has 0 saturated heterocycles. The zero-order valence-corrected chi connectivity index (χ0v) is 8.29. The Kier molecular flexibility index (Phi) is 1.40. The Morgan fingerprint density at radius 3 is 2.00 bits per heavy atom. The van der Waals surface area contributed by atoms with Crippen LogP contribution in [0.15, 0.2) is 0 Å². The van der Waals surface area contributed by atoms with E-state index in [0.29, 0.717) is 0 Å². The van der Waals surface area contributed by atoms with Crippen LogP contribution in [-0.4, -0.2) is 0 Å². The molecule has 3 fully saturated rings. The third-order valence-corrected chi connectivity index (χ3v) is 4.78. The van der Waals surface area contributed by atoms with E-state index < -0.39 is 0 Å². The second-order valence-electron chi connectivity index (χ2n) is 5.75. The van der Waals surface area contributed by atoms with Crippen molar-refractivity contribution in [2.45, 2.75) is 39.5 Å². The minimum atomic E-state index is 1.08. The lowest BCUT2D eigenvalue weighted by atomic mass is 9.93. The van der Waals surface area contributed by atoms with Gasteiger partial charge in [0.05, 0.1) is 0 Å². The zero-order valence-electron chi connectivity index (χ0n) is 8.29. The average molecular weight is 164 g/mol. The molecule has 0 heterocycles. The smallest absolute Gasteiger partial charge is 0.0352 e. The highest BCUT2D eigenvalue weighted by atomic mass is 14.6. The first-order valence-corrected chi connectivity index (χ1v) is 5.75. The van der Waals surface area contributed by atoms with Crippen LogP contribution in [-0.2, 0) is 0 Å². The van der Waals surface area contributed by atoms with Crippen molar-refractivity contribution >= 4 is 0 Å². The van der Waals surface area contributed by atoms with Gasteiger partial charge in [0, 0.05) is 0 Å². The van der Waals surface area contributed by atoms with Crippen molar-refractivity contribution in [1.29, 1.82) is 0 Å². The summed E-state index contributed by atoms with van der Waals surface area (Å²) < 4.78 is 0. The maximum Gasteiger partial charge on any atom is -0.0352 e. The van der Waals surface area contributed by atoms with E-state index in [2.05, 4.69) is 13.8 Å². The van der Waals surface area contributed by atoms with Crippen LogP contribution in [0.3, 0.4) is 0 Å². The van der Waals surface area contributed by atoms with E-state index in [9.17, 15) is 0 Å². The first-order valence-electron chi connectivity index (χ1n) is 5.75. The van der Waals surface area contributed by atoms with Crippen LogP contribution in [0.5, 0.6) is 0 Å². The van der Waals surface area contributed by atoms with Gasteiger partial charge in [-0.1, -0.05) is 13.8 Å². The van der Waals surface area contributed by atoms with Gasteiger partial charge in [0.2, 0.25) is 0 Å². The molecule has 0 aliphatic heterocycles. The van der Waals surface area contributed by atoms with Gasteiger partial charge in [0.25, 0.3) is 0 Å². The van der Waals surface area contributed by atoms with Crippen LogP contribution in [0.2, 0.25) is 0 Å². The quantitative estimate of drug-likeness (QED) is 0.587. The molecule has 0 heteroatoms. The van der Waals surface area contributed by atoms with Gasteiger partial charge in [-0.05, 0) is 61.2 Å². The summed E-state index contributed by atoms with van der Waals surface area (Å²) in [7, 11) is 0. The average Bonchev–Trinajstić information content (AvgIpc) is 2.85. The van der Waals surface area contributed by atoms with Crippen molar-refractivity contribution in [3.63, 3.8) is 0 Å². The molecular weight excluding hydrogens is 144 g/mol.